The first-order valence-corrected chi connectivity index (χ1v) is 6.15. The summed E-state index contributed by atoms with van der Waals surface area (Å²) in [4.78, 5) is 4.17. The SMILES string of the molecule is CNc1cc(COc2cccc(COC)c2)ccn1. The van der Waals surface area contributed by atoms with Crippen molar-refractivity contribution >= 4 is 5.82 Å². The Morgan fingerprint density at radius 1 is 1.11 bits per heavy atom. The van der Waals surface area contributed by atoms with E-state index in [1.807, 2.05) is 43.4 Å². The predicted octanol–water partition coefficient (Wildman–Crippen LogP) is 2.85. The Balaban J connectivity index is 1.99. The highest BCUT2D eigenvalue weighted by Crippen LogP contribution is 2.16. The molecule has 0 radical (unpaired) electrons. The zero-order valence-corrected chi connectivity index (χ0v) is 11.2. The number of hydrogen-bond donors (Lipinski definition) is 1. The van der Waals surface area contributed by atoms with Gasteiger partial charge in [0.15, 0.2) is 0 Å². The van der Waals surface area contributed by atoms with Crippen molar-refractivity contribution in [1.82, 2.24) is 4.98 Å². The Hall–Kier alpha value is -2.07. The third-order valence-corrected chi connectivity index (χ3v) is 2.70. The maximum absolute atomic E-state index is 5.77. The van der Waals surface area contributed by atoms with Crippen molar-refractivity contribution in [2.75, 3.05) is 19.5 Å². The van der Waals surface area contributed by atoms with E-state index in [9.17, 15) is 0 Å². The van der Waals surface area contributed by atoms with Crippen LogP contribution in [-0.2, 0) is 18.0 Å². The lowest BCUT2D eigenvalue weighted by molar-refractivity contribution is 0.184. The minimum Gasteiger partial charge on any atom is -0.489 e. The molecule has 1 aromatic carbocycles. The minimum atomic E-state index is 0.521. The lowest BCUT2D eigenvalue weighted by atomic mass is 10.2. The molecule has 0 aliphatic heterocycles. The van der Waals surface area contributed by atoms with Crippen molar-refractivity contribution in [2.45, 2.75) is 13.2 Å². The first kappa shape index (κ1) is 13.4. The lowest BCUT2D eigenvalue weighted by Crippen LogP contribution is -1.99. The quantitative estimate of drug-likeness (QED) is 0.865. The fourth-order valence-corrected chi connectivity index (χ4v) is 1.76. The molecule has 2 aromatic rings. The van der Waals surface area contributed by atoms with Crippen molar-refractivity contribution in [1.29, 1.82) is 0 Å². The number of methoxy groups -OCH3 is 1. The summed E-state index contributed by atoms with van der Waals surface area (Å²) >= 11 is 0. The van der Waals surface area contributed by atoms with Crippen LogP contribution in [0, 0.1) is 0 Å². The van der Waals surface area contributed by atoms with Gasteiger partial charge in [0.25, 0.3) is 0 Å². The zero-order chi connectivity index (χ0) is 13.5. The molecule has 0 saturated heterocycles. The van der Waals surface area contributed by atoms with E-state index >= 15 is 0 Å². The van der Waals surface area contributed by atoms with E-state index in [0.29, 0.717) is 13.2 Å². The molecule has 0 amide bonds. The number of pyridine rings is 1. The number of ether oxygens (including phenoxy) is 2. The van der Waals surface area contributed by atoms with Crippen molar-refractivity contribution in [3.8, 4) is 5.75 Å². The number of hydrogen-bond acceptors (Lipinski definition) is 4. The van der Waals surface area contributed by atoms with E-state index in [1.165, 1.54) is 0 Å². The Morgan fingerprint density at radius 2 is 1.95 bits per heavy atom. The van der Waals surface area contributed by atoms with Crippen LogP contribution in [0.5, 0.6) is 5.75 Å². The van der Waals surface area contributed by atoms with E-state index in [0.717, 1.165) is 22.7 Å². The van der Waals surface area contributed by atoms with Gasteiger partial charge in [-0.2, -0.15) is 0 Å². The van der Waals surface area contributed by atoms with E-state index in [4.69, 9.17) is 9.47 Å². The third-order valence-electron chi connectivity index (χ3n) is 2.70. The maximum atomic E-state index is 5.77. The summed E-state index contributed by atoms with van der Waals surface area (Å²) in [5.74, 6) is 1.69. The number of anilines is 1. The Kier molecular flexibility index (Phi) is 4.75. The summed E-state index contributed by atoms with van der Waals surface area (Å²) in [5.41, 5.74) is 2.18. The van der Waals surface area contributed by atoms with Crippen LogP contribution in [0.4, 0.5) is 5.82 Å². The molecule has 4 heteroatoms. The monoisotopic (exact) mass is 258 g/mol. The van der Waals surface area contributed by atoms with Crippen LogP contribution in [0.15, 0.2) is 42.6 Å². The van der Waals surface area contributed by atoms with Gasteiger partial charge in [0.05, 0.1) is 6.61 Å². The molecular formula is C15H18N2O2. The average Bonchev–Trinajstić information content (AvgIpc) is 2.46. The molecule has 0 aliphatic rings. The van der Waals surface area contributed by atoms with Crippen LogP contribution >= 0.6 is 0 Å². The van der Waals surface area contributed by atoms with Gasteiger partial charge in [-0.05, 0) is 35.4 Å². The normalized spacial score (nSPS) is 10.2. The molecular weight excluding hydrogens is 240 g/mol. The van der Waals surface area contributed by atoms with Gasteiger partial charge in [-0.25, -0.2) is 4.98 Å². The van der Waals surface area contributed by atoms with Crippen LogP contribution in [-0.4, -0.2) is 19.1 Å². The van der Waals surface area contributed by atoms with E-state index in [1.54, 1.807) is 13.3 Å². The van der Waals surface area contributed by atoms with Crippen LogP contribution in [0.3, 0.4) is 0 Å². The second-order valence-electron chi connectivity index (χ2n) is 4.17. The van der Waals surface area contributed by atoms with Gasteiger partial charge in [-0.3, -0.25) is 0 Å². The maximum Gasteiger partial charge on any atom is 0.126 e. The standard InChI is InChI=1S/C15H18N2O2/c1-16-15-9-13(6-7-17-15)11-19-14-5-3-4-12(8-14)10-18-2/h3-9H,10-11H2,1-2H3,(H,16,17). The molecule has 4 nitrogen and oxygen atoms in total. The Morgan fingerprint density at radius 3 is 2.74 bits per heavy atom. The van der Waals surface area contributed by atoms with Gasteiger partial charge in [-0.1, -0.05) is 12.1 Å². The van der Waals surface area contributed by atoms with Crippen molar-refractivity contribution in [2.24, 2.45) is 0 Å². The number of benzene rings is 1. The average molecular weight is 258 g/mol. The largest absolute Gasteiger partial charge is 0.489 e. The number of aromatic nitrogens is 1. The van der Waals surface area contributed by atoms with E-state index in [-0.39, 0.29) is 0 Å². The predicted molar refractivity (Wildman–Crippen MR) is 75.3 cm³/mol. The van der Waals surface area contributed by atoms with Gasteiger partial charge in [0.1, 0.15) is 18.2 Å². The van der Waals surface area contributed by atoms with Crippen molar-refractivity contribution in [3.63, 3.8) is 0 Å². The molecule has 0 aliphatic carbocycles. The molecule has 0 fully saturated rings. The van der Waals surface area contributed by atoms with Crippen LogP contribution in [0.25, 0.3) is 0 Å². The molecule has 2 rings (SSSR count). The number of nitrogens with one attached hydrogen (secondary N) is 1. The fourth-order valence-electron chi connectivity index (χ4n) is 1.76. The van der Waals surface area contributed by atoms with Crippen LogP contribution in [0.2, 0.25) is 0 Å². The summed E-state index contributed by atoms with van der Waals surface area (Å²) in [6, 6.07) is 11.8. The summed E-state index contributed by atoms with van der Waals surface area (Å²) in [6.45, 7) is 1.12. The molecule has 0 atom stereocenters. The third kappa shape index (κ3) is 3.96. The summed E-state index contributed by atoms with van der Waals surface area (Å²) in [6.07, 6.45) is 1.77. The van der Waals surface area contributed by atoms with Gasteiger partial charge >= 0.3 is 0 Å². The molecule has 0 bridgehead atoms. The first-order valence-electron chi connectivity index (χ1n) is 6.15. The second-order valence-corrected chi connectivity index (χ2v) is 4.17. The molecule has 0 unspecified atom stereocenters. The molecule has 1 heterocycles. The molecule has 19 heavy (non-hydrogen) atoms. The van der Waals surface area contributed by atoms with Crippen LogP contribution < -0.4 is 10.1 Å². The van der Waals surface area contributed by atoms with Crippen molar-refractivity contribution in [3.05, 3.63) is 53.7 Å². The first-order chi connectivity index (χ1) is 9.31. The van der Waals surface area contributed by atoms with E-state index < -0.39 is 0 Å². The van der Waals surface area contributed by atoms with Gasteiger partial charge in [0.2, 0.25) is 0 Å². The Bertz CT molecular complexity index is 529. The molecule has 0 saturated carbocycles. The Labute approximate surface area is 113 Å². The van der Waals surface area contributed by atoms with Crippen LogP contribution in [0.1, 0.15) is 11.1 Å². The fraction of sp³-hybridized carbons (Fsp3) is 0.267. The van der Waals surface area contributed by atoms with E-state index in [2.05, 4.69) is 10.3 Å². The molecule has 0 spiro atoms. The second kappa shape index (κ2) is 6.75. The smallest absolute Gasteiger partial charge is 0.126 e. The van der Waals surface area contributed by atoms with Crippen molar-refractivity contribution < 1.29 is 9.47 Å². The van der Waals surface area contributed by atoms with Gasteiger partial charge < -0.3 is 14.8 Å². The minimum absolute atomic E-state index is 0.521. The van der Waals surface area contributed by atoms with Gasteiger partial charge in [0, 0.05) is 20.4 Å². The number of nitrogens with zero attached hydrogens (tertiary/aromatic N) is 1. The highest BCUT2D eigenvalue weighted by Gasteiger charge is 1.99. The highest BCUT2D eigenvalue weighted by atomic mass is 16.5. The lowest BCUT2D eigenvalue weighted by Gasteiger charge is -2.08. The summed E-state index contributed by atoms with van der Waals surface area (Å²) in [5, 5.41) is 3.01. The number of rotatable bonds is 6. The summed E-state index contributed by atoms with van der Waals surface area (Å²) < 4.78 is 10.9. The molecule has 100 valence electrons. The summed E-state index contributed by atoms with van der Waals surface area (Å²) in [7, 11) is 3.53. The molecule has 1 aromatic heterocycles. The zero-order valence-electron chi connectivity index (χ0n) is 11.2. The molecule has 1 N–H and O–H groups in total. The topological polar surface area (TPSA) is 43.4 Å². The van der Waals surface area contributed by atoms with Gasteiger partial charge in [-0.15, -0.1) is 0 Å². The highest BCUT2D eigenvalue weighted by molar-refractivity contribution is 5.36.